The Bertz CT molecular complexity index is 972. The van der Waals surface area contributed by atoms with Crippen molar-refractivity contribution >= 4 is 23.2 Å². The summed E-state index contributed by atoms with van der Waals surface area (Å²) in [6, 6.07) is 26.0. The molecular formula is C24H22N2O3. The van der Waals surface area contributed by atoms with E-state index in [1.54, 1.807) is 4.90 Å². The normalized spacial score (nSPS) is 14.5. The van der Waals surface area contributed by atoms with E-state index in [4.69, 9.17) is 4.74 Å². The fraction of sp³-hybridized carbons (Fsp3) is 0.167. The summed E-state index contributed by atoms with van der Waals surface area (Å²) >= 11 is 0. The van der Waals surface area contributed by atoms with Gasteiger partial charge in [-0.05, 0) is 42.8 Å². The van der Waals surface area contributed by atoms with Crippen LogP contribution in [0.25, 0.3) is 0 Å². The third-order valence-electron chi connectivity index (χ3n) is 4.86. The van der Waals surface area contributed by atoms with E-state index in [0.717, 1.165) is 24.2 Å². The molecule has 29 heavy (non-hydrogen) atoms. The minimum atomic E-state index is -0.779. The zero-order valence-electron chi connectivity index (χ0n) is 16.0. The lowest BCUT2D eigenvalue weighted by molar-refractivity contribution is -0.123. The van der Waals surface area contributed by atoms with Crippen LogP contribution in [0.3, 0.4) is 0 Å². The molecular weight excluding hydrogens is 364 g/mol. The van der Waals surface area contributed by atoms with Crippen LogP contribution in [-0.2, 0) is 9.59 Å². The van der Waals surface area contributed by atoms with Gasteiger partial charge in [-0.3, -0.25) is 9.59 Å². The van der Waals surface area contributed by atoms with Crippen LogP contribution in [0.2, 0.25) is 0 Å². The quantitative estimate of drug-likeness (QED) is 0.675. The number of carbonyl (C=O) groups excluding carboxylic acids is 2. The predicted octanol–water partition coefficient (Wildman–Crippen LogP) is 4.57. The molecule has 5 nitrogen and oxygen atoms in total. The SMILES string of the molecule is O=C(Nc1ccc(N2CCCC2=O)cc1)[C@H](Oc1ccccc1)c1ccccc1. The predicted molar refractivity (Wildman–Crippen MR) is 113 cm³/mol. The second-order valence-corrected chi connectivity index (χ2v) is 6.91. The van der Waals surface area contributed by atoms with Gasteiger partial charge >= 0.3 is 0 Å². The van der Waals surface area contributed by atoms with Gasteiger partial charge in [0, 0.05) is 29.9 Å². The van der Waals surface area contributed by atoms with Gasteiger partial charge in [0.15, 0.2) is 0 Å². The average Bonchev–Trinajstić information content (AvgIpc) is 3.20. The summed E-state index contributed by atoms with van der Waals surface area (Å²) in [4.78, 5) is 26.7. The molecule has 1 atom stereocenters. The number of nitrogens with one attached hydrogen (secondary N) is 1. The van der Waals surface area contributed by atoms with Crippen LogP contribution in [0.15, 0.2) is 84.9 Å². The first-order valence-electron chi connectivity index (χ1n) is 9.69. The second-order valence-electron chi connectivity index (χ2n) is 6.91. The summed E-state index contributed by atoms with van der Waals surface area (Å²) in [5.74, 6) is 0.506. The van der Waals surface area contributed by atoms with Gasteiger partial charge in [0.25, 0.3) is 5.91 Å². The number of hydrogen-bond donors (Lipinski definition) is 1. The zero-order chi connectivity index (χ0) is 20.1. The fourth-order valence-corrected chi connectivity index (χ4v) is 3.39. The van der Waals surface area contributed by atoms with Crippen LogP contribution < -0.4 is 15.0 Å². The summed E-state index contributed by atoms with van der Waals surface area (Å²) in [6.07, 6.45) is 0.694. The topological polar surface area (TPSA) is 58.6 Å². The zero-order valence-corrected chi connectivity index (χ0v) is 16.0. The lowest BCUT2D eigenvalue weighted by atomic mass is 10.1. The Morgan fingerprint density at radius 2 is 1.55 bits per heavy atom. The number of amides is 2. The van der Waals surface area contributed by atoms with Crippen LogP contribution in [-0.4, -0.2) is 18.4 Å². The van der Waals surface area contributed by atoms with Gasteiger partial charge in [-0.15, -0.1) is 0 Å². The highest BCUT2D eigenvalue weighted by Gasteiger charge is 2.24. The summed E-state index contributed by atoms with van der Waals surface area (Å²) in [7, 11) is 0. The number of ether oxygens (including phenoxy) is 1. The molecule has 3 aromatic rings. The highest BCUT2D eigenvalue weighted by molar-refractivity contribution is 5.97. The van der Waals surface area contributed by atoms with E-state index >= 15 is 0 Å². The van der Waals surface area contributed by atoms with Gasteiger partial charge in [0.05, 0.1) is 0 Å². The first kappa shape index (κ1) is 18.7. The van der Waals surface area contributed by atoms with Crippen molar-refractivity contribution in [2.45, 2.75) is 18.9 Å². The average molecular weight is 386 g/mol. The number of para-hydroxylation sites is 1. The molecule has 0 aromatic heterocycles. The van der Waals surface area contributed by atoms with Crippen molar-refractivity contribution in [3.05, 3.63) is 90.5 Å². The third-order valence-corrected chi connectivity index (χ3v) is 4.86. The molecule has 0 aliphatic carbocycles. The van der Waals surface area contributed by atoms with Crippen LogP contribution in [0.4, 0.5) is 11.4 Å². The Morgan fingerprint density at radius 3 is 2.17 bits per heavy atom. The molecule has 0 unspecified atom stereocenters. The molecule has 1 aliphatic heterocycles. The van der Waals surface area contributed by atoms with Gasteiger partial charge in [-0.1, -0.05) is 48.5 Å². The van der Waals surface area contributed by atoms with E-state index in [1.807, 2.05) is 84.9 Å². The fourth-order valence-electron chi connectivity index (χ4n) is 3.39. The second kappa shape index (κ2) is 8.61. The van der Waals surface area contributed by atoms with Crippen molar-refractivity contribution < 1.29 is 14.3 Å². The van der Waals surface area contributed by atoms with E-state index in [0.29, 0.717) is 17.9 Å². The Labute approximate surface area is 169 Å². The summed E-state index contributed by atoms with van der Waals surface area (Å²) < 4.78 is 5.99. The van der Waals surface area contributed by atoms with E-state index in [9.17, 15) is 9.59 Å². The summed E-state index contributed by atoms with van der Waals surface area (Å²) in [6.45, 7) is 0.742. The van der Waals surface area contributed by atoms with E-state index < -0.39 is 6.10 Å². The highest BCUT2D eigenvalue weighted by atomic mass is 16.5. The Morgan fingerprint density at radius 1 is 0.897 bits per heavy atom. The first-order chi connectivity index (χ1) is 14.2. The van der Waals surface area contributed by atoms with Crippen molar-refractivity contribution in [2.24, 2.45) is 0 Å². The first-order valence-corrected chi connectivity index (χ1v) is 9.69. The molecule has 1 aliphatic rings. The van der Waals surface area contributed by atoms with Gasteiger partial charge in [-0.2, -0.15) is 0 Å². The van der Waals surface area contributed by atoms with Crippen molar-refractivity contribution in [1.29, 1.82) is 0 Å². The molecule has 0 saturated carbocycles. The maximum atomic E-state index is 13.0. The number of rotatable bonds is 6. The molecule has 1 fully saturated rings. The molecule has 2 amide bonds. The highest BCUT2D eigenvalue weighted by Crippen LogP contribution is 2.26. The van der Waals surface area contributed by atoms with E-state index in [-0.39, 0.29) is 11.8 Å². The Hall–Kier alpha value is -3.60. The van der Waals surface area contributed by atoms with E-state index in [1.165, 1.54) is 0 Å². The van der Waals surface area contributed by atoms with Crippen LogP contribution in [0, 0.1) is 0 Å². The molecule has 5 heteroatoms. The van der Waals surface area contributed by atoms with E-state index in [2.05, 4.69) is 5.32 Å². The molecule has 146 valence electrons. The van der Waals surface area contributed by atoms with Gasteiger partial charge in [0.2, 0.25) is 12.0 Å². The summed E-state index contributed by atoms with van der Waals surface area (Å²) in [5.41, 5.74) is 2.28. The van der Waals surface area contributed by atoms with Crippen LogP contribution in [0.5, 0.6) is 5.75 Å². The smallest absolute Gasteiger partial charge is 0.270 e. The van der Waals surface area contributed by atoms with Crippen molar-refractivity contribution in [1.82, 2.24) is 0 Å². The molecule has 1 heterocycles. The standard InChI is InChI=1S/C24H22N2O3/c27-22-12-7-17-26(22)20-15-13-19(14-16-20)25-24(28)23(18-8-3-1-4-9-18)29-21-10-5-2-6-11-21/h1-6,8-11,13-16,23H,7,12,17H2,(H,25,28)/t23-/m1/s1. The largest absolute Gasteiger partial charge is 0.476 e. The lowest BCUT2D eigenvalue weighted by Gasteiger charge is -2.20. The molecule has 1 saturated heterocycles. The minimum Gasteiger partial charge on any atom is -0.476 e. The summed E-state index contributed by atoms with van der Waals surface area (Å²) in [5, 5.41) is 2.92. The molecule has 3 aromatic carbocycles. The molecule has 1 N–H and O–H groups in total. The molecule has 0 bridgehead atoms. The number of anilines is 2. The van der Waals surface area contributed by atoms with Crippen LogP contribution >= 0.6 is 0 Å². The number of nitrogens with zero attached hydrogens (tertiary/aromatic N) is 1. The lowest BCUT2D eigenvalue weighted by Crippen LogP contribution is -2.26. The van der Waals surface area contributed by atoms with Gasteiger partial charge in [0.1, 0.15) is 5.75 Å². The van der Waals surface area contributed by atoms with Crippen molar-refractivity contribution in [3.63, 3.8) is 0 Å². The molecule has 0 radical (unpaired) electrons. The monoisotopic (exact) mass is 386 g/mol. The van der Waals surface area contributed by atoms with Gasteiger partial charge < -0.3 is 15.0 Å². The Balaban J connectivity index is 1.51. The maximum absolute atomic E-state index is 13.0. The Kier molecular flexibility index (Phi) is 5.56. The van der Waals surface area contributed by atoms with Crippen LogP contribution in [0.1, 0.15) is 24.5 Å². The third kappa shape index (κ3) is 4.46. The number of hydrogen-bond acceptors (Lipinski definition) is 3. The van der Waals surface area contributed by atoms with Crippen molar-refractivity contribution in [2.75, 3.05) is 16.8 Å². The van der Waals surface area contributed by atoms with Gasteiger partial charge in [-0.25, -0.2) is 0 Å². The maximum Gasteiger partial charge on any atom is 0.270 e. The molecule has 4 rings (SSSR count). The molecule has 0 spiro atoms. The number of benzene rings is 3. The van der Waals surface area contributed by atoms with Crippen molar-refractivity contribution in [3.8, 4) is 5.75 Å². The minimum absolute atomic E-state index is 0.141. The number of carbonyl (C=O) groups is 2.